The minimum Gasteiger partial charge on any atom is -0.397 e. The van der Waals surface area contributed by atoms with E-state index >= 15 is 0 Å². The molecule has 1 aliphatic rings. The fourth-order valence-electron chi connectivity index (χ4n) is 4.27. The van der Waals surface area contributed by atoms with Gasteiger partial charge in [-0.15, -0.1) is 0 Å². The Morgan fingerprint density at radius 1 is 1.06 bits per heavy atom. The number of rotatable bonds is 7. The molecule has 3 aromatic rings. The minimum atomic E-state index is -1.86. The Hall–Kier alpha value is -3.75. The maximum atomic E-state index is 12.9. The number of hydrogen-bond donors (Lipinski definition) is 4. The van der Waals surface area contributed by atoms with Gasteiger partial charge >= 0.3 is 0 Å². The van der Waals surface area contributed by atoms with Crippen LogP contribution in [0.1, 0.15) is 30.0 Å². The minimum absolute atomic E-state index is 0.138. The molecule has 1 saturated heterocycles. The van der Waals surface area contributed by atoms with Gasteiger partial charge in [0.15, 0.2) is 12.2 Å². The molecule has 176 valence electrons. The van der Waals surface area contributed by atoms with Crippen LogP contribution >= 0.6 is 0 Å². The largest absolute Gasteiger partial charge is 0.397 e. The maximum Gasteiger partial charge on any atom is 0.255 e. The molecule has 1 aliphatic heterocycles. The first kappa shape index (κ1) is 23.4. The van der Waals surface area contributed by atoms with Gasteiger partial charge in [0, 0.05) is 24.8 Å². The van der Waals surface area contributed by atoms with Crippen LogP contribution in [0.25, 0.3) is 11.1 Å². The summed E-state index contributed by atoms with van der Waals surface area (Å²) in [4.78, 5) is 30.8. The Bertz CT molecular complexity index is 1140. The molecule has 4 rings (SSSR count). The van der Waals surface area contributed by atoms with Crippen LogP contribution in [0.5, 0.6) is 0 Å². The van der Waals surface area contributed by atoms with Crippen molar-refractivity contribution in [2.24, 2.45) is 0 Å². The van der Waals surface area contributed by atoms with Gasteiger partial charge < -0.3 is 26.2 Å². The first-order valence-electron chi connectivity index (χ1n) is 11.2. The van der Waals surface area contributed by atoms with Crippen molar-refractivity contribution in [1.82, 2.24) is 15.2 Å². The zero-order valence-electron chi connectivity index (χ0n) is 18.7. The van der Waals surface area contributed by atoms with Gasteiger partial charge in [-0.2, -0.15) is 0 Å². The van der Waals surface area contributed by atoms with Crippen molar-refractivity contribution in [3.63, 3.8) is 0 Å². The summed E-state index contributed by atoms with van der Waals surface area (Å²) in [5.74, 6) is -1.45. The van der Waals surface area contributed by atoms with Crippen molar-refractivity contribution in [3.05, 3.63) is 84.2 Å². The fraction of sp³-hybridized carbons (Fsp3) is 0.269. The van der Waals surface area contributed by atoms with Crippen LogP contribution in [0.15, 0.2) is 73.1 Å². The van der Waals surface area contributed by atoms with Crippen LogP contribution in [0.4, 0.5) is 5.69 Å². The van der Waals surface area contributed by atoms with Crippen molar-refractivity contribution in [3.8, 4) is 11.1 Å². The van der Waals surface area contributed by atoms with E-state index < -0.39 is 24.0 Å². The maximum absolute atomic E-state index is 12.9. The number of nitrogen functional groups attached to an aromatic ring is 1. The summed E-state index contributed by atoms with van der Waals surface area (Å²) in [6, 6.07) is 18.6. The molecule has 0 bridgehead atoms. The van der Waals surface area contributed by atoms with Gasteiger partial charge in [-0.25, -0.2) is 0 Å². The summed E-state index contributed by atoms with van der Waals surface area (Å²) in [7, 11) is 0. The molecule has 0 spiro atoms. The quantitative estimate of drug-likeness (QED) is 0.427. The normalized spacial score (nSPS) is 17.2. The molecule has 1 aromatic heterocycles. The summed E-state index contributed by atoms with van der Waals surface area (Å²) in [6.45, 7) is 0.609. The topological polar surface area (TPSA) is 129 Å². The number of carbonyl (C=O) groups excluding carboxylic acids is 2. The van der Waals surface area contributed by atoms with Crippen LogP contribution < -0.4 is 11.1 Å². The van der Waals surface area contributed by atoms with E-state index in [1.165, 1.54) is 0 Å². The molecule has 2 amide bonds. The van der Waals surface area contributed by atoms with Crippen molar-refractivity contribution >= 4 is 17.5 Å². The zero-order valence-corrected chi connectivity index (χ0v) is 18.7. The Morgan fingerprint density at radius 3 is 2.50 bits per heavy atom. The van der Waals surface area contributed by atoms with E-state index in [1.54, 1.807) is 17.3 Å². The second-order valence-electron chi connectivity index (χ2n) is 8.37. The third-order valence-corrected chi connectivity index (χ3v) is 6.12. The summed E-state index contributed by atoms with van der Waals surface area (Å²) < 4.78 is 0. The van der Waals surface area contributed by atoms with Gasteiger partial charge in [-0.1, -0.05) is 54.6 Å². The number of anilines is 1. The van der Waals surface area contributed by atoms with Gasteiger partial charge in [-0.3, -0.25) is 14.6 Å². The number of nitrogens with zero attached hydrogens (tertiary/aromatic N) is 2. The lowest BCUT2D eigenvalue weighted by atomic mass is 10.0. The molecular formula is C26H28N4O4. The molecule has 0 saturated carbocycles. The molecule has 5 N–H and O–H groups in total. The Morgan fingerprint density at radius 2 is 1.79 bits per heavy atom. The van der Waals surface area contributed by atoms with Crippen LogP contribution in [-0.2, 0) is 16.1 Å². The van der Waals surface area contributed by atoms with Gasteiger partial charge in [-0.05, 0) is 35.6 Å². The van der Waals surface area contributed by atoms with E-state index in [-0.39, 0.29) is 12.6 Å². The summed E-state index contributed by atoms with van der Waals surface area (Å²) in [5.41, 5.74) is 10.1. The summed E-state index contributed by atoms with van der Waals surface area (Å²) in [5, 5.41) is 23.4. The Labute approximate surface area is 198 Å². The predicted molar refractivity (Wildman–Crippen MR) is 128 cm³/mol. The lowest BCUT2D eigenvalue weighted by Crippen LogP contribution is -2.50. The number of aliphatic hydroxyl groups excluding tert-OH is 2. The van der Waals surface area contributed by atoms with Gasteiger partial charge in [0.2, 0.25) is 0 Å². The second kappa shape index (κ2) is 10.5. The summed E-state index contributed by atoms with van der Waals surface area (Å²) >= 11 is 0. The van der Waals surface area contributed by atoms with Crippen LogP contribution in [0, 0.1) is 0 Å². The lowest BCUT2D eigenvalue weighted by Gasteiger charge is -2.28. The summed E-state index contributed by atoms with van der Waals surface area (Å²) in [6.07, 6.45) is 1.12. The highest BCUT2D eigenvalue weighted by molar-refractivity contribution is 5.91. The molecule has 2 aromatic carbocycles. The predicted octanol–water partition coefficient (Wildman–Crippen LogP) is 2.03. The number of amides is 2. The molecule has 1 unspecified atom stereocenters. The third-order valence-electron chi connectivity index (χ3n) is 6.12. The lowest BCUT2D eigenvalue weighted by molar-refractivity contribution is -0.153. The van der Waals surface area contributed by atoms with Crippen molar-refractivity contribution in [2.75, 3.05) is 12.3 Å². The zero-order chi connectivity index (χ0) is 24.1. The number of pyridine rings is 1. The third kappa shape index (κ3) is 5.08. The molecule has 1 fully saturated rings. The second-order valence-corrected chi connectivity index (χ2v) is 8.37. The number of carbonyl (C=O) groups is 2. The van der Waals surface area contributed by atoms with E-state index in [0.29, 0.717) is 12.2 Å². The number of likely N-dealkylation sites (tertiary alicyclic amines) is 1. The number of nitrogens with two attached hydrogens (primary N) is 1. The molecule has 3 atom stereocenters. The van der Waals surface area contributed by atoms with Gasteiger partial charge in [0.25, 0.3) is 11.8 Å². The Kier molecular flexibility index (Phi) is 7.20. The first-order valence-corrected chi connectivity index (χ1v) is 11.2. The van der Waals surface area contributed by atoms with Gasteiger partial charge in [0.1, 0.15) is 0 Å². The van der Waals surface area contributed by atoms with E-state index in [2.05, 4.69) is 10.3 Å². The highest BCUT2D eigenvalue weighted by Gasteiger charge is 2.38. The van der Waals surface area contributed by atoms with Crippen LogP contribution in [-0.4, -0.2) is 50.7 Å². The van der Waals surface area contributed by atoms with Crippen LogP contribution in [0.3, 0.4) is 0 Å². The molecule has 0 radical (unpaired) electrons. The average molecular weight is 461 g/mol. The van der Waals surface area contributed by atoms with Gasteiger partial charge in [0.05, 0.1) is 17.9 Å². The molecule has 8 nitrogen and oxygen atoms in total. The van der Waals surface area contributed by atoms with E-state index in [4.69, 9.17) is 5.73 Å². The number of benzene rings is 2. The molecule has 8 heteroatoms. The highest BCUT2D eigenvalue weighted by Crippen LogP contribution is 2.32. The first-order chi connectivity index (χ1) is 16.5. The number of nitrogens with one attached hydrogen (secondary N) is 1. The van der Waals surface area contributed by atoms with E-state index in [9.17, 15) is 19.8 Å². The number of aromatic nitrogens is 1. The SMILES string of the molecule is Nc1cnccc1-c1ccc(CNC(=O)[C@H](O)[C@@H](O)C(=O)N2CCCC2c2ccccc2)cc1. The standard InChI is InChI=1S/C26H28N4O4/c27-21-16-28-13-12-20(21)18-10-8-17(9-11-18)15-29-25(33)23(31)24(32)26(34)30-14-4-7-22(30)19-5-2-1-3-6-19/h1-3,5-6,8-13,16,22-24,31-32H,4,7,14-15,27H2,(H,29,33)/t22?,23-,24-/m1/s1. The number of hydrogen-bond acceptors (Lipinski definition) is 6. The van der Waals surface area contributed by atoms with Crippen molar-refractivity contribution in [2.45, 2.75) is 37.6 Å². The molecular weight excluding hydrogens is 432 g/mol. The van der Waals surface area contributed by atoms with E-state index in [1.807, 2.05) is 60.7 Å². The molecule has 0 aliphatic carbocycles. The monoisotopic (exact) mass is 460 g/mol. The van der Waals surface area contributed by atoms with E-state index in [0.717, 1.165) is 35.1 Å². The Balaban J connectivity index is 1.34. The highest BCUT2D eigenvalue weighted by atomic mass is 16.3. The number of aliphatic hydroxyl groups is 2. The van der Waals surface area contributed by atoms with Crippen LogP contribution in [0.2, 0.25) is 0 Å². The fourth-order valence-corrected chi connectivity index (χ4v) is 4.27. The molecule has 34 heavy (non-hydrogen) atoms. The smallest absolute Gasteiger partial charge is 0.255 e. The molecule has 2 heterocycles. The van der Waals surface area contributed by atoms with Crippen molar-refractivity contribution in [1.29, 1.82) is 0 Å². The van der Waals surface area contributed by atoms with Crippen molar-refractivity contribution < 1.29 is 19.8 Å². The average Bonchev–Trinajstić information content (AvgIpc) is 3.37.